The van der Waals surface area contributed by atoms with Crippen LogP contribution in [-0.4, -0.2) is 32.2 Å². The molecular weight excluding hydrogens is 292 g/mol. The van der Waals surface area contributed by atoms with Gasteiger partial charge in [0, 0.05) is 12.4 Å². The number of imidazole rings is 1. The van der Waals surface area contributed by atoms with E-state index in [-0.39, 0.29) is 5.92 Å². The summed E-state index contributed by atoms with van der Waals surface area (Å²) in [6, 6.07) is 5.60. The van der Waals surface area contributed by atoms with Gasteiger partial charge in [-0.2, -0.15) is 0 Å². The highest BCUT2D eigenvalue weighted by Crippen LogP contribution is 2.57. The molecule has 2 aromatic rings. The molecule has 6 nitrogen and oxygen atoms in total. The number of aliphatic carboxylic acids is 1. The summed E-state index contributed by atoms with van der Waals surface area (Å²) in [5.41, 5.74) is 5.53. The lowest BCUT2D eigenvalue weighted by atomic mass is 9.92. The molecule has 2 aromatic heterocycles. The molecule has 1 aliphatic carbocycles. The summed E-state index contributed by atoms with van der Waals surface area (Å²) in [5, 5.41) is 9.77. The summed E-state index contributed by atoms with van der Waals surface area (Å²) in [5.74, 6) is 0.428. The first-order chi connectivity index (χ1) is 11.1. The van der Waals surface area contributed by atoms with Crippen molar-refractivity contribution >= 4 is 5.97 Å². The normalized spacial score (nSPS) is 24.3. The molecule has 0 amide bonds. The Morgan fingerprint density at radius 2 is 2.35 bits per heavy atom. The molecule has 1 aliphatic rings. The van der Waals surface area contributed by atoms with Crippen LogP contribution in [-0.2, 0) is 10.2 Å². The smallest absolute Gasteiger partial charge is 0.316 e. The summed E-state index contributed by atoms with van der Waals surface area (Å²) in [7, 11) is 0. The van der Waals surface area contributed by atoms with Crippen molar-refractivity contribution in [2.75, 3.05) is 6.54 Å². The van der Waals surface area contributed by atoms with Gasteiger partial charge in [-0.05, 0) is 43.4 Å². The van der Waals surface area contributed by atoms with Crippen LogP contribution in [0.5, 0.6) is 0 Å². The average Bonchev–Trinajstić information content (AvgIpc) is 3.09. The molecule has 3 atom stereocenters. The van der Waals surface area contributed by atoms with Crippen LogP contribution in [0.25, 0.3) is 5.82 Å². The first kappa shape index (κ1) is 15.7. The summed E-state index contributed by atoms with van der Waals surface area (Å²) in [6.07, 6.45) is 7.59. The Morgan fingerprint density at radius 1 is 1.52 bits per heavy atom. The first-order valence-corrected chi connectivity index (χ1v) is 8.01. The number of aromatic nitrogens is 3. The molecule has 0 spiro atoms. The summed E-state index contributed by atoms with van der Waals surface area (Å²) >= 11 is 0. The van der Waals surface area contributed by atoms with Crippen molar-refractivity contribution in [1.82, 2.24) is 14.5 Å². The van der Waals surface area contributed by atoms with Crippen molar-refractivity contribution in [2.45, 2.75) is 31.6 Å². The fourth-order valence-corrected chi connectivity index (χ4v) is 3.32. The van der Waals surface area contributed by atoms with Crippen molar-refractivity contribution < 1.29 is 9.90 Å². The molecule has 0 saturated heterocycles. The standard InChI is InChI=1S/C17H22N4O2/c1-2-12(9-18)7-13-8-17(13,16(22)23)14-10-21(11-20-14)15-5-3-4-6-19-15/h3-6,10-13H,2,7-9,18H2,1H3,(H,22,23)/t12-,13+,17-/m1/s1. The zero-order chi connectivity index (χ0) is 16.4. The Labute approximate surface area is 135 Å². The van der Waals surface area contributed by atoms with E-state index < -0.39 is 11.4 Å². The summed E-state index contributed by atoms with van der Waals surface area (Å²) in [6.45, 7) is 2.70. The van der Waals surface area contributed by atoms with Crippen LogP contribution >= 0.6 is 0 Å². The molecule has 0 unspecified atom stereocenters. The molecule has 122 valence electrons. The number of carbonyl (C=O) groups is 1. The van der Waals surface area contributed by atoms with E-state index in [0.717, 1.165) is 18.7 Å². The Balaban J connectivity index is 1.84. The molecule has 0 radical (unpaired) electrons. The predicted octanol–water partition coefficient (Wildman–Crippen LogP) is 1.98. The van der Waals surface area contributed by atoms with Gasteiger partial charge in [0.2, 0.25) is 0 Å². The Kier molecular flexibility index (Phi) is 4.17. The topological polar surface area (TPSA) is 94.0 Å². The lowest BCUT2D eigenvalue weighted by Gasteiger charge is -2.14. The maximum absolute atomic E-state index is 11.9. The number of hydrogen-bond donors (Lipinski definition) is 2. The molecule has 1 saturated carbocycles. The van der Waals surface area contributed by atoms with Crippen molar-refractivity contribution in [3.63, 3.8) is 0 Å². The van der Waals surface area contributed by atoms with Crippen molar-refractivity contribution in [1.29, 1.82) is 0 Å². The van der Waals surface area contributed by atoms with Crippen LogP contribution in [0.15, 0.2) is 36.9 Å². The lowest BCUT2D eigenvalue weighted by molar-refractivity contribution is -0.140. The number of rotatable bonds is 7. The van der Waals surface area contributed by atoms with Gasteiger partial charge in [0.05, 0.1) is 5.69 Å². The van der Waals surface area contributed by atoms with Crippen LogP contribution in [0.1, 0.15) is 31.9 Å². The summed E-state index contributed by atoms with van der Waals surface area (Å²) < 4.78 is 1.77. The van der Waals surface area contributed by atoms with Gasteiger partial charge in [-0.15, -0.1) is 0 Å². The Bertz CT molecular complexity index is 681. The minimum absolute atomic E-state index is 0.112. The maximum Gasteiger partial charge on any atom is 0.316 e. The van der Waals surface area contributed by atoms with E-state index in [1.807, 2.05) is 18.2 Å². The van der Waals surface area contributed by atoms with Gasteiger partial charge in [0.1, 0.15) is 17.6 Å². The predicted molar refractivity (Wildman–Crippen MR) is 86.2 cm³/mol. The zero-order valence-corrected chi connectivity index (χ0v) is 13.2. The lowest BCUT2D eigenvalue weighted by Crippen LogP contribution is -2.25. The number of hydrogen-bond acceptors (Lipinski definition) is 4. The Morgan fingerprint density at radius 3 is 2.96 bits per heavy atom. The summed E-state index contributed by atoms with van der Waals surface area (Å²) in [4.78, 5) is 20.5. The molecule has 3 rings (SSSR count). The zero-order valence-electron chi connectivity index (χ0n) is 13.2. The van der Waals surface area contributed by atoms with Gasteiger partial charge in [0.15, 0.2) is 0 Å². The van der Waals surface area contributed by atoms with Crippen LogP contribution in [0.4, 0.5) is 0 Å². The SMILES string of the molecule is CC[C@@H](CN)C[C@H]1C[C@]1(C(=O)O)c1cn(-c2ccccn2)cn1. The van der Waals surface area contributed by atoms with E-state index in [9.17, 15) is 9.90 Å². The van der Waals surface area contributed by atoms with Gasteiger partial charge < -0.3 is 10.8 Å². The van der Waals surface area contributed by atoms with E-state index in [1.54, 1.807) is 23.3 Å². The number of carboxylic acid groups (broad SMARTS) is 1. The molecule has 1 fully saturated rings. The second-order valence-corrected chi connectivity index (χ2v) is 6.28. The van der Waals surface area contributed by atoms with Crippen LogP contribution in [0, 0.1) is 11.8 Å². The molecule has 0 bridgehead atoms. The van der Waals surface area contributed by atoms with Crippen LogP contribution in [0.2, 0.25) is 0 Å². The monoisotopic (exact) mass is 314 g/mol. The highest BCUT2D eigenvalue weighted by atomic mass is 16.4. The van der Waals surface area contributed by atoms with Gasteiger partial charge in [-0.1, -0.05) is 19.4 Å². The van der Waals surface area contributed by atoms with E-state index >= 15 is 0 Å². The minimum Gasteiger partial charge on any atom is -0.481 e. The molecule has 0 aromatic carbocycles. The minimum atomic E-state index is -0.859. The first-order valence-electron chi connectivity index (χ1n) is 8.01. The molecular formula is C17H22N4O2. The third-order valence-corrected chi connectivity index (χ3v) is 4.97. The highest BCUT2D eigenvalue weighted by Gasteiger charge is 2.63. The maximum atomic E-state index is 11.9. The molecule has 2 heterocycles. The number of nitrogens with zero attached hydrogens (tertiary/aromatic N) is 3. The largest absolute Gasteiger partial charge is 0.481 e. The van der Waals surface area contributed by atoms with Gasteiger partial charge in [-0.3, -0.25) is 9.36 Å². The third kappa shape index (κ3) is 2.74. The third-order valence-electron chi connectivity index (χ3n) is 4.97. The van der Waals surface area contributed by atoms with E-state index in [2.05, 4.69) is 16.9 Å². The fraction of sp³-hybridized carbons (Fsp3) is 0.471. The molecule has 6 heteroatoms. The van der Waals surface area contributed by atoms with Gasteiger partial charge in [0.25, 0.3) is 0 Å². The number of nitrogens with two attached hydrogens (primary N) is 1. The van der Waals surface area contributed by atoms with Gasteiger partial charge in [-0.25, -0.2) is 9.97 Å². The van der Waals surface area contributed by atoms with Crippen molar-refractivity contribution in [2.24, 2.45) is 17.6 Å². The van der Waals surface area contributed by atoms with E-state index in [4.69, 9.17) is 5.73 Å². The quantitative estimate of drug-likeness (QED) is 0.815. The Hall–Kier alpha value is -2.21. The van der Waals surface area contributed by atoms with Crippen molar-refractivity contribution in [3.8, 4) is 5.82 Å². The molecule has 0 aliphatic heterocycles. The number of carboxylic acids is 1. The van der Waals surface area contributed by atoms with Gasteiger partial charge >= 0.3 is 5.97 Å². The van der Waals surface area contributed by atoms with Crippen LogP contribution < -0.4 is 5.73 Å². The molecule has 23 heavy (non-hydrogen) atoms. The molecule has 3 N–H and O–H groups in total. The average molecular weight is 314 g/mol. The second-order valence-electron chi connectivity index (χ2n) is 6.28. The second kappa shape index (κ2) is 6.12. The van der Waals surface area contributed by atoms with Crippen LogP contribution in [0.3, 0.4) is 0 Å². The highest BCUT2D eigenvalue weighted by molar-refractivity contribution is 5.85. The number of pyridine rings is 1. The fourth-order valence-electron chi connectivity index (χ4n) is 3.32. The van der Waals surface area contributed by atoms with E-state index in [0.29, 0.717) is 24.6 Å². The van der Waals surface area contributed by atoms with E-state index in [1.165, 1.54) is 0 Å². The van der Waals surface area contributed by atoms with Crippen molar-refractivity contribution in [3.05, 3.63) is 42.6 Å².